The van der Waals surface area contributed by atoms with Gasteiger partial charge in [0, 0.05) is 30.1 Å². The minimum atomic E-state index is -0.0510. The molecular weight excluding hydrogens is 242 g/mol. The Morgan fingerprint density at radius 1 is 1.28 bits per heavy atom. The van der Waals surface area contributed by atoms with E-state index in [2.05, 4.69) is 37.4 Å². The zero-order chi connectivity index (χ0) is 13.1. The predicted molar refractivity (Wildman–Crippen MR) is 80.1 cm³/mol. The fourth-order valence-electron chi connectivity index (χ4n) is 3.47. The Morgan fingerprint density at radius 2 is 2.06 bits per heavy atom. The average molecular weight is 271 g/mol. The third kappa shape index (κ3) is 3.43. The van der Waals surface area contributed by atoms with E-state index in [9.17, 15) is 5.11 Å². The Balaban J connectivity index is 1.90. The van der Waals surface area contributed by atoms with E-state index in [4.69, 9.17) is 0 Å². The summed E-state index contributed by atoms with van der Waals surface area (Å²) in [7, 11) is 0. The summed E-state index contributed by atoms with van der Waals surface area (Å²) >= 11 is 2.09. The van der Waals surface area contributed by atoms with Crippen molar-refractivity contribution in [1.82, 2.24) is 4.90 Å². The van der Waals surface area contributed by atoms with Crippen molar-refractivity contribution in [1.29, 1.82) is 0 Å². The summed E-state index contributed by atoms with van der Waals surface area (Å²) in [4.78, 5) is 2.62. The molecule has 5 atom stereocenters. The molecule has 0 amide bonds. The van der Waals surface area contributed by atoms with E-state index >= 15 is 0 Å². The van der Waals surface area contributed by atoms with Crippen molar-refractivity contribution >= 4 is 11.8 Å². The van der Waals surface area contributed by atoms with Gasteiger partial charge in [-0.2, -0.15) is 11.8 Å². The van der Waals surface area contributed by atoms with Crippen LogP contribution in [-0.2, 0) is 0 Å². The van der Waals surface area contributed by atoms with Crippen molar-refractivity contribution < 1.29 is 5.11 Å². The number of hydrogen-bond donors (Lipinski definition) is 1. The molecule has 2 rings (SSSR count). The largest absolute Gasteiger partial charge is 0.393 e. The summed E-state index contributed by atoms with van der Waals surface area (Å²) in [6.07, 6.45) is 4.73. The van der Waals surface area contributed by atoms with Crippen molar-refractivity contribution in [2.45, 2.75) is 63.9 Å². The highest BCUT2D eigenvalue weighted by Crippen LogP contribution is 2.33. The minimum Gasteiger partial charge on any atom is -0.393 e. The molecule has 0 aromatic rings. The van der Waals surface area contributed by atoms with E-state index in [-0.39, 0.29) is 6.10 Å². The first-order valence-electron chi connectivity index (χ1n) is 7.65. The van der Waals surface area contributed by atoms with Gasteiger partial charge in [0.15, 0.2) is 0 Å². The lowest BCUT2D eigenvalue weighted by Gasteiger charge is -2.42. The first kappa shape index (κ1) is 14.7. The normalized spacial score (nSPS) is 43.0. The summed E-state index contributed by atoms with van der Waals surface area (Å²) in [5.41, 5.74) is 0. The van der Waals surface area contributed by atoms with Gasteiger partial charge in [0.1, 0.15) is 0 Å². The third-order valence-electron chi connectivity index (χ3n) is 5.11. The van der Waals surface area contributed by atoms with Gasteiger partial charge >= 0.3 is 0 Å². The van der Waals surface area contributed by atoms with Gasteiger partial charge in [0.25, 0.3) is 0 Å². The second-order valence-electron chi connectivity index (χ2n) is 6.23. The van der Waals surface area contributed by atoms with Gasteiger partial charge in [-0.15, -0.1) is 0 Å². The maximum Gasteiger partial charge on any atom is 0.0580 e. The molecule has 1 saturated heterocycles. The highest BCUT2D eigenvalue weighted by atomic mass is 32.2. The summed E-state index contributed by atoms with van der Waals surface area (Å²) in [5.74, 6) is 2.62. The van der Waals surface area contributed by atoms with Crippen LogP contribution in [0.5, 0.6) is 0 Å². The lowest BCUT2D eigenvalue weighted by atomic mass is 9.78. The molecule has 1 saturated carbocycles. The van der Waals surface area contributed by atoms with E-state index < -0.39 is 0 Å². The Kier molecular flexibility index (Phi) is 5.40. The molecule has 5 unspecified atom stereocenters. The standard InChI is InChI=1S/C15H29NOS/c1-4-13-5-6-15(17)14(9-13)10-16-7-8-18-12(3)11(16)2/h11-15,17H,4-10H2,1-3H3. The molecule has 2 fully saturated rings. The summed E-state index contributed by atoms with van der Waals surface area (Å²) < 4.78 is 0. The van der Waals surface area contributed by atoms with E-state index in [0.717, 1.165) is 24.1 Å². The minimum absolute atomic E-state index is 0.0510. The van der Waals surface area contributed by atoms with Gasteiger partial charge in [-0.3, -0.25) is 4.90 Å². The molecule has 1 aliphatic carbocycles. The fourth-order valence-corrected chi connectivity index (χ4v) is 4.63. The fraction of sp³-hybridized carbons (Fsp3) is 1.00. The topological polar surface area (TPSA) is 23.5 Å². The van der Waals surface area contributed by atoms with Crippen LogP contribution in [-0.4, -0.2) is 46.2 Å². The Hall–Kier alpha value is 0.270. The van der Waals surface area contributed by atoms with Crippen LogP contribution in [0.25, 0.3) is 0 Å². The number of rotatable bonds is 3. The van der Waals surface area contributed by atoms with Crippen molar-refractivity contribution in [3.05, 3.63) is 0 Å². The van der Waals surface area contributed by atoms with Crippen LogP contribution in [0.2, 0.25) is 0 Å². The van der Waals surface area contributed by atoms with Crippen LogP contribution >= 0.6 is 11.8 Å². The molecule has 0 spiro atoms. The van der Waals surface area contributed by atoms with E-state index in [1.807, 2.05) is 0 Å². The van der Waals surface area contributed by atoms with Crippen LogP contribution in [0, 0.1) is 11.8 Å². The van der Waals surface area contributed by atoms with Crippen LogP contribution in [0.3, 0.4) is 0 Å². The van der Waals surface area contributed by atoms with Gasteiger partial charge in [-0.05, 0) is 38.0 Å². The number of aliphatic hydroxyl groups is 1. The predicted octanol–water partition coefficient (Wildman–Crippen LogP) is 3.00. The number of thioether (sulfide) groups is 1. The highest BCUT2D eigenvalue weighted by molar-refractivity contribution is 8.00. The second kappa shape index (κ2) is 6.62. The van der Waals surface area contributed by atoms with Gasteiger partial charge in [-0.1, -0.05) is 20.3 Å². The van der Waals surface area contributed by atoms with Crippen LogP contribution in [0.15, 0.2) is 0 Å². The number of nitrogens with zero attached hydrogens (tertiary/aromatic N) is 1. The SMILES string of the molecule is CCC1CCC(O)C(CN2CCSC(C)C2C)C1. The lowest BCUT2D eigenvalue weighted by molar-refractivity contribution is 0.0202. The van der Waals surface area contributed by atoms with Gasteiger partial charge in [0.2, 0.25) is 0 Å². The summed E-state index contributed by atoms with van der Waals surface area (Å²) in [6, 6.07) is 0.665. The van der Waals surface area contributed by atoms with E-state index in [1.165, 1.54) is 31.6 Å². The molecule has 0 aromatic carbocycles. The van der Waals surface area contributed by atoms with Crippen LogP contribution in [0.1, 0.15) is 46.5 Å². The molecule has 106 valence electrons. The van der Waals surface area contributed by atoms with Crippen molar-refractivity contribution in [3.8, 4) is 0 Å². The zero-order valence-corrected chi connectivity index (χ0v) is 13.0. The zero-order valence-electron chi connectivity index (χ0n) is 12.1. The number of hydrogen-bond acceptors (Lipinski definition) is 3. The highest BCUT2D eigenvalue weighted by Gasteiger charge is 2.33. The van der Waals surface area contributed by atoms with Crippen molar-refractivity contribution in [3.63, 3.8) is 0 Å². The molecule has 1 N–H and O–H groups in total. The lowest BCUT2D eigenvalue weighted by Crippen LogP contribution is -2.49. The van der Waals surface area contributed by atoms with Gasteiger partial charge < -0.3 is 5.11 Å². The molecule has 1 aliphatic heterocycles. The quantitative estimate of drug-likeness (QED) is 0.853. The van der Waals surface area contributed by atoms with Gasteiger partial charge in [-0.25, -0.2) is 0 Å². The molecule has 3 heteroatoms. The summed E-state index contributed by atoms with van der Waals surface area (Å²) in [5, 5.41) is 11.0. The Bertz CT molecular complexity index is 261. The van der Waals surface area contributed by atoms with E-state index in [0.29, 0.717) is 12.0 Å². The first-order chi connectivity index (χ1) is 8.61. The molecule has 1 heterocycles. The molecule has 0 bridgehead atoms. The molecule has 18 heavy (non-hydrogen) atoms. The van der Waals surface area contributed by atoms with Crippen LogP contribution in [0.4, 0.5) is 0 Å². The monoisotopic (exact) mass is 271 g/mol. The average Bonchev–Trinajstić information content (AvgIpc) is 2.37. The summed E-state index contributed by atoms with van der Waals surface area (Å²) in [6.45, 7) is 9.30. The molecular formula is C15H29NOS. The van der Waals surface area contributed by atoms with Crippen molar-refractivity contribution in [2.75, 3.05) is 18.8 Å². The van der Waals surface area contributed by atoms with Gasteiger partial charge in [0.05, 0.1) is 6.10 Å². The first-order valence-corrected chi connectivity index (χ1v) is 8.70. The van der Waals surface area contributed by atoms with Crippen LogP contribution < -0.4 is 0 Å². The maximum atomic E-state index is 10.2. The van der Waals surface area contributed by atoms with E-state index in [1.54, 1.807) is 0 Å². The molecule has 2 nitrogen and oxygen atoms in total. The molecule has 2 aliphatic rings. The smallest absolute Gasteiger partial charge is 0.0580 e. The molecule has 0 radical (unpaired) electrons. The van der Waals surface area contributed by atoms with Crippen molar-refractivity contribution in [2.24, 2.45) is 11.8 Å². The Morgan fingerprint density at radius 3 is 2.78 bits per heavy atom. The molecule has 0 aromatic heterocycles. The number of aliphatic hydroxyl groups excluding tert-OH is 1. The third-order valence-corrected chi connectivity index (χ3v) is 6.45. The maximum absolute atomic E-state index is 10.2. The Labute approximate surface area is 117 Å². The second-order valence-corrected chi connectivity index (χ2v) is 7.71.